The Morgan fingerprint density at radius 1 is 0.696 bits per heavy atom. The third kappa shape index (κ3) is 4.92. The van der Waals surface area contributed by atoms with Crippen LogP contribution in [0.15, 0.2) is 49.1 Å². The molecule has 2 rings (SSSR count). The summed E-state index contributed by atoms with van der Waals surface area (Å²) in [5.74, 6) is 0. The maximum Gasteiger partial charge on any atom is 0.311 e. The van der Waals surface area contributed by atoms with Crippen LogP contribution in [-0.4, -0.2) is 35.2 Å². The van der Waals surface area contributed by atoms with Crippen molar-refractivity contribution in [2.45, 2.75) is 39.3 Å². The van der Waals surface area contributed by atoms with Crippen molar-refractivity contribution in [2.24, 2.45) is 0 Å². The van der Waals surface area contributed by atoms with E-state index < -0.39 is 25.2 Å². The predicted molar refractivity (Wildman–Crippen MR) is 102 cm³/mol. The van der Waals surface area contributed by atoms with Crippen molar-refractivity contribution in [1.82, 2.24) is 9.97 Å². The SMILES string of the molecule is C[Si](C)(O[Si](C)(C)c1cccnc1)O[Si](C)(C)c1cccnc1. The minimum absolute atomic E-state index is 1.20. The lowest BCUT2D eigenvalue weighted by Gasteiger charge is -2.38. The first-order valence-electron chi connectivity index (χ1n) is 7.84. The van der Waals surface area contributed by atoms with Crippen LogP contribution in [0.4, 0.5) is 0 Å². The van der Waals surface area contributed by atoms with Crippen LogP contribution in [0.2, 0.25) is 39.3 Å². The van der Waals surface area contributed by atoms with E-state index in [0.717, 1.165) is 0 Å². The van der Waals surface area contributed by atoms with Gasteiger partial charge in [-0.1, -0.05) is 12.1 Å². The van der Waals surface area contributed by atoms with E-state index in [4.69, 9.17) is 8.23 Å². The number of hydrogen-bond acceptors (Lipinski definition) is 4. The molecule has 2 aromatic heterocycles. The van der Waals surface area contributed by atoms with Gasteiger partial charge in [0.05, 0.1) is 0 Å². The summed E-state index contributed by atoms with van der Waals surface area (Å²) in [4.78, 5) is 8.47. The largest absolute Gasteiger partial charge is 0.433 e. The molecule has 0 amide bonds. The molecule has 0 aliphatic rings. The molecule has 0 saturated heterocycles. The predicted octanol–water partition coefficient (Wildman–Crippen LogP) is 2.74. The van der Waals surface area contributed by atoms with E-state index >= 15 is 0 Å². The molecule has 2 aromatic rings. The molecule has 0 N–H and O–H groups in total. The second-order valence-corrected chi connectivity index (χ2v) is 18.7. The molecular weight excluding hydrogens is 336 g/mol. The Morgan fingerprint density at radius 2 is 1.09 bits per heavy atom. The van der Waals surface area contributed by atoms with Crippen LogP contribution >= 0.6 is 0 Å². The Kier molecular flexibility index (Phi) is 5.37. The highest BCUT2D eigenvalue weighted by Gasteiger charge is 2.41. The van der Waals surface area contributed by atoms with Gasteiger partial charge in [0.25, 0.3) is 0 Å². The van der Waals surface area contributed by atoms with Crippen LogP contribution in [0, 0.1) is 0 Å². The molecule has 0 fully saturated rings. The van der Waals surface area contributed by atoms with E-state index in [-0.39, 0.29) is 0 Å². The highest BCUT2D eigenvalue weighted by atomic mass is 28.5. The number of pyridine rings is 2. The molecule has 0 aliphatic carbocycles. The summed E-state index contributed by atoms with van der Waals surface area (Å²) in [6.07, 6.45) is 7.43. The van der Waals surface area contributed by atoms with Crippen LogP contribution in [0.25, 0.3) is 0 Å². The molecule has 4 nitrogen and oxygen atoms in total. The lowest BCUT2D eigenvalue weighted by molar-refractivity contribution is 0.401. The molecule has 0 aliphatic heterocycles. The molecule has 0 spiro atoms. The Morgan fingerprint density at radius 3 is 1.39 bits per heavy atom. The second kappa shape index (κ2) is 6.78. The average Bonchev–Trinajstić information content (AvgIpc) is 2.47. The lowest BCUT2D eigenvalue weighted by Crippen LogP contribution is -2.59. The summed E-state index contributed by atoms with van der Waals surface area (Å²) in [6.45, 7) is 13.1. The molecule has 0 unspecified atom stereocenters. The molecular formula is C16H26N2O2Si3. The van der Waals surface area contributed by atoms with Crippen molar-refractivity contribution in [1.29, 1.82) is 0 Å². The van der Waals surface area contributed by atoms with Gasteiger partial charge >= 0.3 is 8.56 Å². The lowest BCUT2D eigenvalue weighted by atomic mass is 10.5. The van der Waals surface area contributed by atoms with Crippen molar-refractivity contribution in [2.75, 3.05) is 0 Å². The first-order valence-corrected chi connectivity index (χ1v) is 16.5. The summed E-state index contributed by atoms with van der Waals surface area (Å²) in [5.41, 5.74) is 0. The highest BCUT2D eigenvalue weighted by molar-refractivity contribution is 6.95. The van der Waals surface area contributed by atoms with Gasteiger partial charge in [0.2, 0.25) is 16.6 Å². The van der Waals surface area contributed by atoms with Crippen LogP contribution < -0.4 is 10.4 Å². The van der Waals surface area contributed by atoms with Gasteiger partial charge in [0.1, 0.15) is 0 Å². The van der Waals surface area contributed by atoms with Crippen LogP contribution in [0.1, 0.15) is 0 Å². The first-order chi connectivity index (χ1) is 10.6. The van der Waals surface area contributed by atoms with Crippen LogP contribution in [-0.2, 0) is 8.23 Å². The second-order valence-electron chi connectivity index (χ2n) is 7.11. The molecule has 2 heterocycles. The Labute approximate surface area is 142 Å². The van der Waals surface area contributed by atoms with Crippen molar-refractivity contribution in [3.05, 3.63) is 49.1 Å². The smallest absolute Gasteiger partial charge is 0.311 e. The average molecular weight is 363 g/mol. The third-order valence-electron chi connectivity index (χ3n) is 3.72. The zero-order valence-electron chi connectivity index (χ0n) is 14.8. The van der Waals surface area contributed by atoms with Crippen LogP contribution in [0.3, 0.4) is 0 Å². The van der Waals surface area contributed by atoms with Gasteiger partial charge in [0.15, 0.2) is 0 Å². The Hall–Kier alpha value is -1.13. The van der Waals surface area contributed by atoms with Crippen molar-refractivity contribution in [3.8, 4) is 0 Å². The molecule has 0 bridgehead atoms. The van der Waals surface area contributed by atoms with E-state index in [1.54, 1.807) is 12.4 Å². The number of hydrogen-bond donors (Lipinski definition) is 0. The Balaban J connectivity index is 2.16. The molecule has 7 heteroatoms. The van der Waals surface area contributed by atoms with Crippen molar-refractivity contribution in [3.63, 3.8) is 0 Å². The van der Waals surface area contributed by atoms with Gasteiger partial charge in [-0.25, -0.2) is 0 Å². The molecule has 23 heavy (non-hydrogen) atoms. The van der Waals surface area contributed by atoms with E-state index in [0.29, 0.717) is 0 Å². The quantitative estimate of drug-likeness (QED) is 0.741. The van der Waals surface area contributed by atoms with E-state index in [1.165, 1.54) is 10.4 Å². The number of nitrogens with zero attached hydrogens (tertiary/aromatic N) is 2. The van der Waals surface area contributed by atoms with Gasteiger partial charge < -0.3 is 8.23 Å². The maximum atomic E-state index is 6.60. The molecule has 0 aromatic carbocycles. The third-order valence-corrected chi connectivity index (χ3v) is 15.1. The van der Waals surface area contributed by atoms with Crippen molar-refractivity contribution >= 4 is 35.6 Å². The molecule has 0 saturated carbocycles. The minimum atomic E-state index is -2.27. The van der Waals surface area contributed by atoms with E-state index in [2.05, 4.69) is 61.4 Å². The fourth-order valence-electron chi connectivity index (χ4n) is 2.81. The monoisotopic (exact) mass is 362 g/mol. The van der Waals surface area contributed by atoms with Crippen LogP contribution in [0.5, 0.6) is 0 Å². The van der Waals surface area contributed by atoms with Crippen molar-refractivity contribution < 1.29 is 8.23 Å². The fraction of sp³-hybridized carbons (Fsp3) is 0.375. The fourth-order valence-corrected chi connectivity index (χ4v) is 15.9. The standard InChI is InChI=1S/C16H26N2O2Si3/c1-21(2,15-9-7-11-17-13-15)19-23(5,6)20-22(3,4)16-10-8-12-18-14-16/h7-14H,1-6H3. The number of aromatic nitrogens is 2. The summed E-state index contributed by atoms with van der Waals surface area (Å²) >= 11 is 0. The normalized spacial score (nSPS) is 13.1. The molecule has 0 radical (unpaired) electrons. The summed E-state index contributed by atoms with van der Waals surface area (Å²) in [5, 5.41) is 2.40. The van der Waals surface area contributed by atoms with Gasteiger partial charge in [-0.3, -0.25) is 9.97 Å². The van der Waals surface area contributed by atoms with Gasteiger partial charge in [-0.15, -0.1) is 0 Å². The minimum Gasteiger partial charge on any atom is -0.433 e. The number of rotatable bonds is 6. The maximum absolute atomic E-state index is 6.60. The topological polar surface area (TPSA) is 44.2 Å². The summed E-state index contributed by atoms with van der Waals surface area (Å²) in [6, 6.07) is 8.15. The van der Waals surface area contributed by atoms with Gasteiger partial charge in [-0.05, 0) is 61.8 Å². The van der Waals surface area contributed by atoms with E-state index in [9.17, 15) is 0 Å². The Bertz CT molecular complexity index is 579. The zero-order chi connectivity index (χ0) is 17.1. The summed E-state index contributed by atoms with van der Waals surface area (Å²) in [7, 11) is -6.34. The highest BCUT2D eigenvalue weighted by Crippen LogP contribution is 2.20. The van der Waals surface area contributed by atoms with Gasteiger partial charge in [-0.2, -0.15) is 0 Å². The van der Waals surface area contributed by atoms with Gasteiger partial charge in [0, 0.05) is 24.8 Å². The van der Waals surface area contributed by atoms with E-state index in [1.807, 2.05) is 24.5 Å². The first kappa shape index (κ1) is 18.2. The molecule has 0 atom stereocenters. The zero-order valence-corrected chi connectivity index (χ0v) is 17.8. The summed E-state index contributed by atoms with van der Waals surface area (Å²) < 4.78 is 13.2. The molecule has 124 valence electrons.